The molecule has 6 nitrogen and oxygen atoms in total. The fraction of sp³-hybridized carbons (Fsp3) is 0.118. The molecule has 0 aliphatic rings. The van der Waals surface area contributed by atoms with Gasteiger partial charge in [-0.3, -0.25) is 4.98 Å². The number of halogens is 3. The molecule has 0 fully saturated rings. The highest BCUT2D eigenvalue weighted by atomic mass is 32.2. The first-order valence-electron chi connectivity index (χ1n) is 7.57. The molecular formula is C17H13F3N4O2S. The zero-order valence-electron chi connectivity index (χ0n) is 13.9. The van der Waals surface area contributed by atoms with Gasteiger partial charge in [-0.15, -0.1) is 0 Å². The summed E-state index contributed by atoms with van der Waals surface area (Å²) in [5.74, 6) is -0.192. The monoisotopic (exact) mass is 394 g/mol. The summed E-state index contributed by atoms with van der Waals surface area (Å²) in [4.78, 5) is 11.5. The minimum absolute atomic E-state index is 0.0953. The van der Waals surface area contributed by atoms with Crippen molar-refractivity contribution in [2.24, 2.45) is 0 Å². The second kappa shape index (κ2) is 6.95. The SMILES string of the molecule is CS(=O)(=O)c1ccc(-c2cccc(Nc3nccc(C(F)(F)F)n3)c2)nc1. The number of aromatic nitrogens is 3. The molecule has 2 heterocycles. The maximum Gasteiger partial charge on any atom is 0.433 e. The van der Waals surface area contributed by atoms with Gasteiger partial charge in [-0.25, -0.2) is 18.4 Å². The second-order valence-corrected chi connectivity index (χ2v) is 7.64. The molecule has 3 aromatic rings. The van der Waals surface area contributed by atoms with E-state index in [0.29, 0.717) is 16.9 Å². The quantitative estimate of drug-likeness (QED) is 0.726. The van der Waals surface area contributed by atoms with Crippen molar-refractivity contribution in [3.8, 4) is 11.3 Å². The first-order chi connectivity index (χ1) is 12.6. The van der Waals surface area contributed by atoms with Gasteiger partial charge in [0.15, 0.2) is 9.84 Å². The van der Waals surface area contributed by atoms with Crippen LogP contribution in [-0.2, 0) is 16.0 Å². The van der Waals surface area contributed by atoms with E-state index in [0.717, 1.165) is 18.5 Å². The van der Waals surface area contributed by atoms with Crippen LogP contribution < -0.4 is 5.32 Å². The van der Waals surface area contributed by atoms with Crippen molar-refractivity contribution in [3.63, 3.8) is 0 Å². The van der Waals surface area contributed by atoms with Crippen LogP contribution in [0.15, 0.2) is 59.8 Å². The number of hydrogen-bond donors (Lipinski definition) is 1. The Balaban J connectivity index is 1.86. The largest absolute Gasteiger partial charge is 0.433 e. The fourth-order valence-electron chi connectivity index (χ4n) is 2.23. The fourth-order valence-corrected chi connectivity index (χ4v) is 2.79. The van der Waals surface area contributed by atoms with Crippen LogP contribution in [-0.4, -0.2) is 29.6 Å². The van der Waals surface area contributed by atoms with Gasteiger partial charge in [0.25, 0.3) is 0 Å². The van der Waals surface area contributed by atoms with E-state index in [-0.39, 0.29) is 10.8 Å². The first-order valence-corrected chi connectivity index (χ1v) is 9.46. The second-order valence-electron chi connectivity index (χ2n) is 5.62. The molecule has 0 spiro atoms. The molecule has 1 N–H and O–H groups in total. The summed E-state index contributed by atoms with van der Waals surface area (Å²) in [6.45, 7) is 0. The molecule has 1 aromatic carbocycles. The van der Waals surface area contributed by atoms with Crippen LogP contribution in [0.4, 0.5) is 24.8 Å². The van der Waals surface area contributed by atoms with Crippen molar-refractivity contribution < 1.29 is 21.6 Å². The van der Waals surface area contributed by atoms with E-state index in [2.05, 4.69) is 20.3 Å². The highest BCUT2D eigenvalue weighted by Gasteiger charge is 2.32. The molecule has 0 saturated carbocycles. The molecule has 27 heavy (non-hydrogen) atoms. The number of hydrogen-bond acceptors (Lipinski definition) is 6. The average molecular weight is 394 g/mol. The molecule has 0 aliphatic carbocycles. The highest BCUT2D eigenvalue weighted by molar-refractivity contribution is 7.90. The minimum atomic E-state index is -4.56. The molecule has 0 amide bonds. The summed E-state index contributed by atoms with van der Waals surface area (Å²) in [6, 6.07) is 10.5. The number of sulfone groups is 1. The number of rotatable bonds is 4. The maximum absolute atomic E-state index is 12.7. The number of anilines is 2. The Kier molecular flexibility index (Phi) is 4.83. The predicted molar refractivity (Wildman–Crippen MR) is 93.1 cm³/mol. The van der Waals surface area contributed by atoms with Crippen molar-refractivity contribution in [1.29, 1.82) is 0 Å². The van der Waals surface area contributed by atoms with Gasteiger partial charge in [-0.1, -0.05) is 12.1 Å². The Hall–Kier alpha value is -3.01. The lowest BCUT2D eigenvalue weighted by Crippen LogP contribution is -2.10. The summed E-state index contributed by atoms with van der Waals surface area (Å²) >= 11 is 0. The van der Waals surface area contributed by atoms with Crippen LogP contribution in [0.1, 0.15) is 5.69 Å². The Bertz CT molecular complexity index is 1070. The molecule has 0 radical (unpaired) electrons. The third-order valence-corrected chi connectivity index (χ3v) is 4.62. The van der Waals surface area contributed by atoms with E-state index in [1.807, 2.05) is 0 Å². The summed E-state index contributed by atoms with van der Waals surface area (Å²) < 4.78 is 61.2. The van der Waals surface area contributed by atoms with Crippen LogP contribution in [0.2, 0.25) is 0 Å². The summed E-state index contributed by atoms with van der Waals surface area (Å²) in [5.41, 5.74) is 0.568. The van der Waals surface area contributed by atoms with Crippen molar-refractivity contribution in [2.45, 2.75) is 11.1 Å². The highest BCUT2D eigenvalue weighted by Crippen LogP contribution is 2.28. The molecular weight excluding hydrogens is 381 g/mol. The molecule has 0 aliphatic heterocycles. The van der Waals surface area contributed by atoms with Crippen molar-refractivity contribution in [2.75, 3.05) is 11.6 Å². The molecule has 3 rings (SSSR count). The zero-order chi connectivity index (χ0) is 19.7. The maximum atomic E-state index is 12.7. The van der Waals surface area contributed by atoms with Gasteiger partial charge in [0.2, 0.25) is 5.95 Å². The van der Waals surface area contributed by atoms with Crippen LogP contribution >= 0.6 is 0 Å². The van der Waals surface area contributed by atoms with E-state index in [9.17, 15) is 21.6 Å². The number of pyridine rings is 1. The molecule has 2 aromatic heterocycles. The number of benzene rings is 1. The normalized spacial score (nSPS) is 12.0. The lowest BCUT2D eigenvalue weighted by atomic mass is 10.1. The number of nitrogens with one attached hydrogen (secondary N) is 1. The van der Waals surface area contributed by atoms with Gasteiger partial charge < -0.3 is 5.32 Å². The third-order valence-electron chi connectivity index (χ3n) is 3.52. The van der Waals surface area contributed by atoms with Gasteiger partial charge in [0.05, 0.1) is 10.6 Å². The van der Waals surface area contributed by atoms with Crippen LogP contribution in [0.25, 0.3) is 11.3 Å². The molecule has 0 saturated heterocycles. The van der Waals surface area contributed by atoms with Crippen molar-refractivity contribution >= 4 is 21.5 Å². The van der Waals surface area contributed by atoms with Crippen molar-refractivity contribution in [3.05, 3.63) is 60.6 Å². The molecule has 0 unspecified atom stereocenters. The number of nitrogens with zero attached hydrogens (tertiary/aromatic N) is 3. The van der Waals surface area contributed by atoms with Crippen LogP contribution in [0.3, 0.4) is 0 Å². The van der Waals surface area contributed by atoms with E-state index in [1.54, 1.807) is 30.3 Å². The number of alkyl halides is 3. The third kappa shape index (κ3) is 4.59. The zero-order valence-corrected chi connectivity index (χ0v) is 14.7. The first kappa shape index (κ1) is 18.8. The van der Waals surface area contributed by atoms with Gasteiger partial charge in [0.1, 0.15) is 5.69 Å². The summed E-state index contributed by atoms with van der Waals surface area (Å²) in [5, 5.41) is 2.72. The van der Waals surface area contributed by atoms with Crippen LogP contribution in [0.5, 0.6) is 0 Å². The van der Waals surface area contributed by atoms with Gasteiger partial charge >= 0.3 is 6.18 Å². The van der Waals surface area contributed by atoms with E-state index >= 15 is 0 Å². The van der Waals surface area contributed by atoms with E-state index in [1.165, 1.54) is 12.3 Å². The smallest absolute Gasteiger partial charge is 0.324 e. The molecule has 10 heteroatoms. The lowest BCUT2D eigenvalue weighted by molar-refractivity contribution is -0.141. The molecule has 140 valence electrons. The molecule has 0 atom stereocenters. The predicted octanol–water partition coefficient (Wildman–Crippen LogP) is 3.70. The van der Waals surface area contributed by atoms with E-state index in [4.69, 9.17) is 0 Å². The van der Waals surface area contributed by atoms with Gasteiger partial charge in [-0.2, -0.15) is 13.2 Å². The molecule has 0 bridgehead atoms. The van der Waals surface area contributed by atoms with Crippen molar-refractivity contribution in [1.82, 2.24) is 15.0 Å². The standard InChI is InChI=1S/C17H13F3N4O2S/c1-27(25,26)13-5-6-14(22-10-13)11-3-2-4-12(9-11)23-16-21-8-7-15(24-16)17(18,19)20/h2-10H,1H3,(H,21,23,24). The Morgan fingerprint density at radius 2 is 1.81 bits per heavy atom. The lowest BCUT2D eigenvalue weighted by Gasteiger charge is -2.10. The minimum Gasteiger partial charge on any atom is -0.324 e. The van der Waals surface area contributed by atoms with Gasteiger partial charge in [-0.05, 0) is 30.3 Å². The Morgan fingerprint density at radius 3 is 2.44 bits per heavy atom. The topological polar surface area (TPSA) is 84.8 Å². The Morgan fingerprint density at radius 1 is 1.04 bits per heavy atom. The summed E-state index contributed by atoms with van der Waals surface area (Å²) in [6.07, 6.45) is -1.20. The van der Waals surface area contributed by atoms with E-state index < -0.39 is 21.7 Å². The Labute approximate surface area is 153 Å². The summed E-state index contributed by atoms with van der Waals surface area (Å²) in [7, 11) is -3.35. The van der Waals surface area contributed by atoms with Crippen LogP contribution in [0, 0.1) is 0 Å². The van der Waals surface area contributed by atoms with Gasteiger partial charge in [0, 0.05) is 29.9 Å². The average Bonchev–Trinajstić information content (AvgIpc) is 2.61.